The molecule has 0 aliphatic rings. The summed E-state index contributed by atoms with van der Waals surface area (Å²) < 4.78 is 71.5. The van der Waals surface area contributed by atoms with E-state index in [-0.39, 0.29) is 51.5 Å². The molecule has 11 rings (SSSR count). The maximum absolute atomic E-state index is 12.7. The Hall–Kier alpha value is -13.2. The number of aromatic hydroxyl groups is 1. The van der Waals surface area contributed by atoms with Crippen LogP contribution in [0.5, 0.6) is 23.0 Å². The number of H-pyrrole nitrogens is 1. The topological polar surface area (TPSA) is 458 Å². The number of aromatic carboxylic acids is 7. The van der Waals surface area contributed by atoms with Crippen LogP contribution in [-0.2, 0) is 39.4 Å². The number of nitrogens with zero attached hydrogens (tertiary/aromatic N) is 3. The zero-order valence-electron chi connectivity index (χ0n) is 80.9. The lowest BCUT2D eigenvalue weighted by atomic mass is 9.97. The Labute approximate surface area is 798 Å². The molecular formula is C104H131ClFN5O22S2. The number of sulfone groups is 1. The van der Waals surface area contributed by atoms with Gasteiger partial charge in [0, 0.05) is 16.8 Å². The fraction of sp³-hybridized carbons (Fsp3) is 0.346. The summed E-state index contributed by atoms with van der Waals surface area (Å²) in [4.78, 5) is 76.0. The molecule has 31 heteroatoms. The van der Waals surface area contributed by atoms with E-state index in [9.17, 15) is 59.9 Å². The number of phenolic OH excluding ortho intramolecular Hbond substituents is 1. The molecule has 135 heavy (non-hydrogen) atoms. The van der Waals surface area contributed by atoms with E-state index in [1.807, 2.05) is 170 Å². The molecule has 0 saturated heterocycles. The first-order valence-electron chi connectivity index (χ1n) is 43.5. The minimum Gasteiger partial charge on any atom is -0.508 e. The van der Waals surface area contributed by atoms with Crippen LogP contribution >= 0.6 is 11.6 Å². The molecule has 11 aromatic rings. The van der Waals surface area contributed by atoms with Gasteiger partial charge in [0.2, 0.25) is 5.82 Å². The third-order valence-electron chi connectivity index (χ3n) is 19.6. The lowest BCUT2D eigenvalue weighted by Crippen LogP contribution is -2.19. The number of nitrogens with two attached hydrogens (primary N) is 1. The first-order valence-corrected chi connectivity index (χ1v) is 47.2. The van der Waals surface area contributed by atoms with E-state index in [0.29, 0.717) is 96.5 Å². The Kier molecular flexibility index (Phi) is 50.7. The summed E-state index contributed by atoms with van der Waals surface area (Å²) in [6.07, 6.45) is 3.59. The SMILES string of the molecule is CC(C)Cc1ccccc1C(=O)O.CC(C)Cc1ccccc1O.CC(C)Cc1ccccc1OS(N)(=O)=O.CC(C)c1ccc(Cl)cc1C(=O)O.CC(C)c1ccc(F)cc1C(=O)O.CC(C)c1ccc(S(C)(=O)=O)cc1C(=O)O.CC(C)c1ccccc1-c1nn[nH]n1.CC(C)c1ccccc1C(=O)O.COc1ccc(C(C)C)c(C(=O)O)c1.COc1ccc(C(C)C)c(C(=O)O)c1. The summed E-state index contributed by atoms with van der Waals surface area (Å²) in [5.41, 5.74) is 11.7. The number of nitrogens with one attached hydrogen (secondary N) is 1. The summed E-state index contributed by atoms with van der Waals surface area (Å²) in [7, 11) is -4.25. The molecule has 0 atom stereocenters. The quantitative estimate of drug-likeness (QED) is 0.0241. The van der Waals surface area contributed by atoms with Gasteiger partial charge in [-0.05, 0) is 224 Å². The Morgan fingerprint density at radius 2 is 0.704 bits per heavy atom. The van der Waals surface area contributed by atoms with Crippen LogP contribution in [0.25, 0.3) is 11.4 Å². The van der Waals surface area contributed by atoms with Crippen molar-refractivity contribution in [3.8, 4) is 34.4 Å². The Balaban J connectivity index is 0.000000508. The van der Waals surface area contributed by atoms with Gasteiger partial charge in [0.15, 0.2) is 9.84 Å². The number of carboxylic acids is 7. The number of carboxylic acid groups (broad SMARTS) is 7. The van der Waals surface area contributed by atoms with Crippen molar-refractivity contribution in [3.63, 3.8) is 0 Å². The van der Waals surface area contributed by atoms with Crippen LogP contribution in [0.15, 0.2) is 217 Å². The minimum absolute atomic E-state index is 0.0364. The third-order valence-corrected chi connectivity index (χ3v) is 21.3. The molecule has 0 bridgehead atoms. The molecule has 27 nitrogen and oxygen atoms in total. The average molecular weight is 1920 g/mol. The van der Waals surface area contributed by atoms with Gasteiger partial charge in [0.25, 0.3) is 0 Å². The number of tetrazole rings is 1. The fourth-order valence-corrected chi connectivity index (χ4v) is 14.3. The van der Waals surface area contributed by atoms with Gasteiger partial charge in [-0.3, -0.25) is 0 Å². The second kappa shape index (κ2) is 58.1. The molecule has 1 heterocycles. The van der Waals surface area contributed by atoms with E-state index in [1.54, 1.807) is 97.1 Å². The maximum Gasteiger partial charge on any atom is 0.380 e. The number of rotatable bonds is 26. The van der Waals surface area contributed by atoms with Crippen molar-refractivity contribution >= 4 is 73.5 Å². The van der Waals surface area contributed by atoms with E-state index in [1.165, 1.54) is 50.1 Å². The van der Waals surface area contributed by atoms with Crippen LogP contribution in [0.1, 0.15) is 308 Å². The van der Waals surface area contributed by atoms with Gasteiger partial charge in [-0.25, -0.2) is 46.4 Å². The molecule has 0 amide bonds. The fourth-order valence-electron chi connectivity index (χ4n) is 13.1. The predicted octanol–water partition coefficient (Wildman–Crippen LogP) is 23.9. The summed E-state index contributed by atoms with van der Waals surface area (Å²) in [6.45, 7) is 40.1. The van der Waals surface area contributed by atoms with Crippen molar-refractivity contribution in [3.05, 3.63) is 318 Å². The highest BCUT2D eigenvalue weighted by Gasteiger charge is 2.22. The minimum atomic E-state index is -3.94. The van der Waals surface area contributed by atoms with Gasteiger partial charge in [0.05, 0.1) is 58.1 Å². The van der Waals surface area contributed by atoms with Crippen molar-refractivity contribution < 1.29 is 109 Å². The highest BCUT2D eigenvalue weighted by Crippen LogP contribution is 2.31. The van der Waals surface area contributed by atoms with Gasteiger partial charge in [0.1, 0.15) is 28.8 Å². The van der Waals surface area contributed by atoms with Crippen LogP contribution in [0, 0.1) is 23.6 Å². The van der Waals surface area contributed by atoms with Crippen molar-refractivity contribution in [2.24, 2.45) is 22.9 Å². The molecule has 1 aromatic heterocycles. The first kappa shape index (κ1) is 118. The predicted molar refractivity (Wildman–Crippen MR) is 527 cm³/mol. The third kappa shape index (κ3) is 42.3. The molecule has 11 N–H and O–H groups in total. The summed E-state index contributed by atoms with van der Waals surface area (Å²) in [5.74, 6) is -1.61. The Morgan fingerprint density at radius 1 is 0.378 bits per heavy atom. The van der Waals surface area contributed by atoms with Crippen LogP contribution < -0.4 is 18.8 Å². The van der Waals surface area contributed by atoms with Gasteiger partial charge in [-0.1, -0.05) is 277 Å². The number of para-hydroxylation sites is 2. The molecular weight excluding hydrogens is 1790 g/mol. The van der Waals surface area contributed by atoms with Crippen molar-refractivity contribution in [1.82, 2.24) is 20.6 Å². The van der Waals surface area contributed by atoms with E-state index in [0.717, 1.165) is 76.1 Å². The number of ether oxygens (including phenoxy) is 2. The Bertz CT molecular complexity index is 5760. The monoisotopic (exact) mass is 1920 g/mol. The molecule has 0 unspecified atom stereocenters. The number of hydrogen-bond donors (Lipinski definition) is 10. The van der Waals surface area contributed by atoms with Gasteiger partial charge >= 0.3 is 52.1 Å². The molecule has 0 saturated carbocycles. The van der Waals surface area contributed by atoms with Crippen molar-refractivity contribution in [2.75, 3.05) is 20.5 Å². The van der Waals surface area contributed by atoms with Crippen LogP contribution in [0.2, 0.25) is 5.02 Å². The smallest absolute Gasteiger partial charge is 0.380 e. The highest BCUT2D eigenvalue weighted by atomic mass is 35.5. The van der Waals surface area contributed by atoms with Gasteiger partial charge in [-0.2, -0.15) is 18.8 Å². The lowest BCUT2D eigenvalue weighted by Gasteiger charge is -2.10. The molecule has 0 aliphatic carbocycles. The molecule has 0 spiro atoms. The zero-order chi connectivity index (χ0) is 103. The average Bonchev–Trinajstić information content (AvgIpc) is 1.62. The second-order valence-electron chi connectivity index (χ2n) is 34.3. The number of carbonyl (C=O) groups is 7. The van der Waals surface area contributed by atoms with E-state index >= 15 is 0 Å². The number of halogens is 2. The second-order valence-corrected chi connectivity index (χ2v) is 37.9. The molecule has 0 radical (unpaired) electrons. The van der Waals surface area contributed by atoms with Gasteiger partial charge in [-0.15, -0.1) is 10.2 Å². The molecule has 10 aromatic carbocycles. The number of phenols is 1. The standard InChI is InChI=1S/C11H14O4S.2C11H14O3.C11H14O2.C10H11ClO2.C10H11FO2.C10H12N4.C10H15NO3S.C10H12O2.C10H14O/c1-7(2)9-5-4-8(16(3,14)15)6-10(9)11(12)13;2*1-7(2)9-5-4-8(14-3)6-10(9)11(12)13;1-8(2)7-9-5-3-4-6-10(9)11(12)13;2*1-6(2)8-4-3-7(11)5-9(8)10(12)13;1-7(2)8-5-3-4-6-9(8)10-11-13-14-12-10;1-8(2)7-9-5-3-4-6-10(9)14-15(11,12)13;1-7(2)8-5-3-4-6-9(8)10(11)12;1-8(2)7-9-5-3-4-6-10(9)11/h4-7H,1-3H3,(H,12,13);2*4-7H,1-3H3,(H,12,13);3-6,8H,7H2,1-2H3,(H,12,13);2*3-6H,1-2H3,(H,12,13);3-7H,1-2H3,(H,11,12,13,14);3-6,8H,7H2,1-2H3,(H2,11,12,13);3-7H,1-2H3,(H,11,12);3-6,8,11H,7H2,1-2H3. The molecule has 0 aliphatic heterocycles. The summed E-state index contributed by atoms with van der Waals surface area (Å²) in [6, 6.07) is 60.2. The number of aromatic nitrogens is 4. The summed E-state index contributed by atoms with van der Waals surface area (Å²) >= 11 is 5.70. The van der Waals surface area contributed by atoms with E-state index in [4.69, 9.17) is 62.0 Å². The number of aromatic amines is 1. The number of benzene rings is 10. The number of hydrogen-bond acceptors (Lipinski definition) is 18. The number of methoxy groups -OCH3 is 2. The molecule has 0 fully saturated rings. The maximum atomic E-state index is 12.7. The van der Waals surface area contributed by atoms with Crippen LogP contribution in [-0.4, -0.2) is 141 Å². The highest BCUT2D eigenvalue weighted by molar-refractivity contribution is 7.90. The largest absolute Gasteiger partial charge is 0.508 e. The lowest BCUT2D eigenvalue weighted by molar-refractivity contribution is 0.0684. The van der Waals surface area contributed by atoms with E-state index < -0.39 is 67.7 Å². The Morgan fingerprint density at radius 3 is 1.09 bits per heavy atom. The van der Waals surface area contributed by atoms with Gasteiger partial charge < -0.3 is 54.5 Å². The molecule has 730 valence electrons. The van der Waals surface area contributed by atoms with Crippen LogP contribution in [0.3, 0.4) is 0 Å². The summed E-state index contributed by atoms with van der Waals surface area (Å²) in [5, 5.41) is 90.9. The zero-order valence-corrected chi connectivity index (χ0v) is 83.3. The van der Waals surface area contributed by atoms with E-state index in [2.05, 4.69) is 72.4 Å². The normalized spacial score (nSPS) is 10.7. The van der Waals surface area contributed by atoms with Crippen molar-refractivity contribution in [1.29, 1.82) is 0 Å². The first-order chi connectivity index (χ1) is 63.0. The van der Waals surface area contributed by atoms with Crippen LogP contribution in [0.4, 0.5) is 4.39 Å². The van der Waals surface area contributed by atoms with Crippen molar-refractivity contribution in [2.45, 2.75) is 204 Å².